The molecule has 112 valence electrons. The second-order valence-corrected chi connectivity index (χ2v) is 3.87. The number of methoxy groups -OCH3 is 2. The van der Waals surface area contributed by atoms with Crippen LogP contribution in [0.2, 0.25) is 0 Å². The zero-order valence-electron chi connectivity index (χ0n) is 11.8. The summed E-state index contributed by atoms with van der Waals surface area (Å²) in [6.45, 7) is 3.26. The number of aromatic nitrogens is 1. The van der Waals surface area contributed by atoms with E-state index in [4.69, 9.17) is 9.15 Å². The summed E-state index contributed by atoms with van der Waals surface area (Å²) in [7, 11) is 2.81. The number of oxazole rings is 1. The van der Waals surface area contributed by atoms with Crippen molar-refractivity contribution in [3.8, 4) is 0 Å². The van der Waals surface area contributed by atoms with Crippen LogP contribution < -0.4 is 5.32 Å². The summed E-state index contributed by atoms with van der Waals surface area (Å²) in [6.07, 6.45) is 1.20. The molecule has 0 aliphatic carbocycles. The minimum Gasteiger partial charge on any atom is -0.464 e. The summed E-state index contributed by atoms with van der Waals surface area (Å²) in [4.78, 5) is 28.6. The molecule has 2 amide bonds. The van der Waals surface area contributed by atoms with Crippen LogP contribution in [0.5, 0.6) is 0 Å². The van der Waals surface area contributed by atoms with Crippen LogP contribution in [-0.2, 0) is 16.0 Å². The number of urea groups is 1. The van der Waals surface area contributed by atoms with Crippen LogP contribution in [-0.4, -0.2) is 55.8 Å². The fourth-order valence-electron chi connectivity index (χ4n) is 1.46. The number of amides is 2. The van der Waals surface area contributed by atoms with Crippen LogP contribution in [0.1, 0.15) is 23.3 Å². The average molecular weight is 285 g/mol. The lowest BCUT2D eigenvalue weighted by Gasteiger charge is -2.20. The highest BCUT2D eigenvalue weighted by Crippen LogP contribution is 2.07. The van der Waals surface area contributed by atoms with Gasteiger partial charge in [-0.3, -0.25) is 0 Å². The molecule has 8 heteroatoms. The Labute approximate surface area is 117 Å². The Kier molecular flexibility index (Phi) is 6.51. The molecule has 0 unspecified atom stereocenters. The molecule has 1 rings (SSSR count). The Balaban J connectivity index is 2.70. The highest BCUT2D eigenvalue weighted by molar-refractivity contribution is 5.86. The van der Waals surface area contributed by atoms with Crippen molar-refractivity contribution in [3.63, 3.8) is 0 Å². The Hall–Kier alpha value is -2.09. The number of hydrogen-bond acceptors (Lipinski definition) is 6. The van der Waals surface area contributed by atoms with Crippen molar-refractivity contribution in [2.45, 2.75) is 13.5 Å². The number of esters is 1. The molecule has 0 spiro atoms. The molecule has 0 saturated carbocycles. The van der Waals surface area contributed by atoms with Gasteiger partial charge in [-0.2, -0.15) is 0 Å². The van der Waals surface area contributed by atoms with E-state index in [9.17, 15) is 9.59 Å². The minimum absolute atomic E-state index is 0.0742. The summed E-state index contributed by atoms with van der Waals surface area (Å²) < 4.78 is 14.6. The van der Waals surface area contributed by atoms with Crippen LogP contribution in [0.15, 0.2) is 10.7 Å². The van der Waals surface area contributed by atoms with Crippen LogP contribution in [0, 0.1) is 0 Å². The van der Waals surface area contributed by atoms with Gasteiger partial charge in [0.25, 0.3) is 0 Å². The third-order valence-corrected chi connectivity index (χ3v) is 2.45. The van der Waals surface area contributed by atoms with E-state index in [0.717, 1.165) is 0 Å². The third kappa shape index (κ3) is 4.54. The van der Waals surface area contributed by atoms with E-state index in [-0.39, 0.29) is 24.2 Å². The van der Waals surface area contributed by atoms with Crippen molar-refractivity contribution in [1.82, 2.24) is 15.2 Å². The molecule has 20 heavy (non-hydrogen) atoms. The van der Waals surface area contributed by atoms with E-state index in [1.54, 1.807) is 7.11 Å². The largest absolute Gasteiger partial charge is 0.464 e. The summed E-state index contributed by atoms with van der Waals surface area (Å²) >= 11 is 0. The molecule has 1 heterocycles. The van der Waals surface area contributed by atoms with Crippen LogP contribution in [0.3, 0.4) is 0 Å². The van der Waals surface area contributed by atoms with Crippen molar-refractivity contribution >= 4 is 12.0 Å². The molecule has 0 aliphatic rings. The SMILES string of the molecule is CCNC(=O)N(CCOC)Cc1nc(C(=O)OC)co1. The summed E-state index contributed by atoms with van der Waals surface area (Å²) in [5, 5.41) is 2.69. The van der Waals surface area contributed by atoms with Crippen LogP contribution in [0.4, 0.5) is 4.79 Å². The Morgan fingerprint density at radius 3 is 2.80 bits per heavy atom. The monoisotopic (exact) mass is 285 g/mol. The first-order valence-electron chi connectivity index (χ1n) is 6.16. The summed E-state index contributed by atoms with van der Waals surface area (Å²) in [5.74, 6) is -0.325. The van der Waals surface area contributed by atoms with Crippen molar-refractivity contribution < 1.29 is 23.5 Å². The number of carbonyl (C=O) groups is 2. The minimum atomic E-state index is -0.582. The second-order valence-electron chi connectivity index (χ2n) is 3.87. The average Bonchev–Trinajstić information content (AvgIpc) is 2.91. The van der Waals surface area contributed by atoms with E-state index in [1.165, 1.54) is 18.3 Å². The van der Waals surface area contributed by atoms with Crippen molar-refractivity contribution in [2.24, 2.45) is 0 Å². The molecule has 0 aromatic carbocycles. The second kappa shape index (κ2) is 8.16. The lowest BCUT2D eigenvalue weighted by molar-refractivity contribution is 0.0594. The predicted molar refractivity (Wildman–Crippen MR) is 69.2 cm³/mol. The quantitative estimate of drug-likeness (QED) is 0.739. The van der Waals surface area contributed by atoms with Gasteiger partial charge in [-0.05, 0) is 6.92 Å². The first-order valence-corrected chi connectivity index (χ1v) is 6.16. The molecule has 1 N–H and O–H groups in total. The molecule has 0 radical (unpaired) electrons. The molecule has 0 aliphatic heterocycles. The fourth-order valence-corrected chi connectivity index (χ4v) is 1.46. The zero-order chi connectivity index (χ0) is 15.0. The normalized spacial score (nSPS) is 10.2. The van der Waals surface area contributed by atoms with Crippen LogP contribution in [0.25, 0.3) is 0 Å². The first-order chi connectivity index (χ1) is 9.62. The summed E-state index contributed by atoms with van der Waals surface area (Å²) in [6, 6.07) is -0.248. The topological polar surface area (TPSA) is 93.9 Å². The van der Waals surface area contributed by atoms with Gasteiger partial charge in [-0.25, -0.2) is 14.6 Å². The summed E-state index contributed by atoms with van der Waals surface area (Å²) in [5.41, 5.74) is 0.0742. The van der Waals surface area contributed by atoms with Crippen molar-refractivity contribution in [2.75, 3.05) is 33.9 Å². The Morgan fingerprint density at radius 2 is 2.20 bits per heavy atom. The van der Waals surface area contributed by atoms with Crippen LogP contribution >= 0.6 is 0 Å². The maximum atomic E-state index is 11.8. The molecule has 0 atom stereocenters. The number of nitrogens with one attached hydrogen (secondary N) is 1. The lowest BCUT2D eigenvalue weighted by Crippen LogP contribution is -2.41. The Bertz CT molecular complexity index is 446. The van der Waals surface area contributed by atoms with Gasteiger partial charge in [0, 0.05) is 20.2 Å². The highest BCUT2D eigenvalue weighted by atomic mass is 16.5. The molecule has 1 aromatic rings. The van der Waals surface area contributed by atoms with E-state index < -0.39 is 5.97 Å². The van der Waals surface area contributed by atoms with Gasteiger partial charge in [-0.15, -0.1) is 0 Å². The lowest BCUT2D eigenvalue weighted by atomic mass is 10.4. The van der Waals surface area contributed by atoms with E-state index in [1.807, 2.05) is 6.92 Å². The van der Waals surface area contributed by atoms with Gasteiger partial charge in [0.1, 0.15) is 6.26 Å². The third-order valence-electron chi connectivity index (χ3n) is 2.45. The maximum absolute atomic E-state index is 11.8. The van der Waals surface area contributed by atoms with Gasteiger partial charge in [0.2, 0.25) is 5.89 Å². The van der Waals surface area contributed by atoms with Gasteiger partial charge in [0.15, 0.2) is 5.69 Å². The molecular formula is C12H19N3O5. The molecule has 0 fully saturated rings. The molecule has 0 saturated heterocycles. The fraction of sp³-hybridized carbons (Fsp3) is 0.583. The number of rotatable bonds is 7. The smallest absolute Gasteiger partial charge is 0.360 e. The van der Waals surface area contributed by atoms with Gasteiger partial charge >= 0.3 is 12.0 Å². The Morgan fingerprint density at radius 1 is 1.45 bits per heavy atom. The van der Waals surface area contributed by atoms with Gasteiger partial charge in [0.05, 0.1) is 20.3 Å². The number of carbonyl (C=O) groups excluding carboxylic acids is 2. The maximum Gasteiger partial charge on any atom is 0.360 e. The number of ether oxygens (including phenoxy) is 2. The van der Waals surface area contributed by atoms with E-state index >= 15 is 0 Å². The zero-order valence-corrected chi connectivity index (χ0v) is 11.8. The number of nitrogens with zero attached hydrogens (tertiary/aromatic N) is 2. The van der Waals surface area contributed by atoms with Gasteiger partial charge < -0.3 is 24.1 Å². The predicted octanol–water partition coefficient (Wildman–Crippen LogP) is 0.639. The first kappa shape index (κ1) is 16.0. The number of hydrogen-bond donors (Lipinski definition) is 1. The standard InChI is InChI=1S/C12H19N3O5/c1-4-13-12(17)15(5-6-18-2)7-10-14-9(8-20-10)11(16)19-3/h8H,4-7H2,1-3H3,(H,13,17). The van der Waals surface area contributed by atoms with Crippen molar-refractivity contribution in [3.05, 3.63) is 17.8 Å². The molecule has 8 nitrogen and oxygen atoms in total. The molecule has 0 bridgehead atoms. The molecule has 1 aromatic heterocycles. The van der Waals surface area contributed by atoms with Gasteiger partial charge in [-0.1, -0.05) is 0 Å². The van der Waals surface area contributed by atoms with Crippen molar-refractivity contribution in [1.29, 1.82) is 0 Å². The molecular weight excluding hydrogens is 266 g/mol. The van der Waals surface area contributed by atoms with E-state index in [0.29, 0.717) is 19.7 Å². The highest BCUT2D eigenvalue weighted by Gasteiger charge is 2.18. The van der Waals surface area contributed by atoms with E-state index in [2.05, 4.69) is 15.0 Å².